The van der Waals surface area contributed by atoms with Crippen LogP contribution in [0.5, 0.6) is 0 Å². The van der Waals surface area contributed by atoms with Crippen molar-refractivity contribution in [3.63, 3.8) is 0 Å². The minimum absolute atomic E-state index is 0.739. The Morgan fingerprint density at radius 3 is 2.83 bits per heavy atom. The third kappa shape index (κ3) is 2.73. The Labute approximate surface area is 134 Å². The lowest BCUT2D eigenvalue weighted by Gasteiger charge is -2.31. The van der Waals surface area contributed by atoms with Crippen molar-refractivity contribution >= 4 is 16.9 Å². The largest absolute Gasteiger partial charge is 0.711 e. The molecule has 4 heterocycles. The van der Waals surface area contributed by atoms with Crippen LogP contribution in [-0.2, 0) is 6.54 Å². The van der Waals surface area contributed by atoms with Gasteiger partial charge in [-0.2, -0.15) is 0 Å². The number of aromatic nitrogens is 3. The molecular weight excluding hydrogens is 290 g/mol. The first-order valence-corrected chi connectivity index (χ1v) is 7.88. The van der Waals surface area contributed by atoms with Gasteiger partial charge in [-0.3, -0.25) is 9.80 Å². The van der Waals surface area contributed by atoms with Gasteiger partial charge in [0, 0.05) is 43.5 Å². The Kier molecular flexibility index (Phi) is 3.59. The summed E-state index contributed by atoms with van der Waals surface area (Å²) in [6.07, 6.45) is 5.41. The molecule has 0 amide bonds. The second kappa shape index (κ2) is 5.89. The van der Waals surface area contributed by atoms with E-state index < -0.39 is 0 Å². The number of anilines is 1. The van der Waals surface area contributed by atoms with E-state index in [0.29, 0.717) is 0 Å². The van der Waals surface area contributed by atoms with Crippen molar-refractivity contribution in [2.45, 2.75) is 6.54 Å². The summed E-state index contributed by atoms with van der Waals surface area (Å²) in [6, 6.07) is 9.63. The summed E-state index contributed by atoms with van der Waals surface area (Å²) in [5, 5.41) is 13.0. The molecule has 1 N–H and O–H groups in total. The van der Waals surface area contributed by atoms with Crippen molar-refractivity contribution < 1.29 is 4.73 Å². The van der Waals surface area contributed by atoms with E-state index in [9.17, 15) is 5.21 Å². The smallest absolute Gasteiger partial charge is 0.279 e. The van der Waals surface area contributed by atoms with Crippen LogP contribution in [0, 0.1) is 5.21 Å². The number of hydrogen-bond acceptors (Lipinski definition) is 4. The Balaban J connectivity index is 1.43. The summed E-state index contributed by atoms with van der Waals surface area (Å²) in [6.45, 7) is 4.54. The number of pyridine rings is 2. The van der Waals surface area contributed by atoms with Crippen molar-refractivity contribution in [1.82, 2.24) is 14.9 Å². The first-order valence-electron chi connectivity index (χ1n) is 7.88. The van der Waals surface area contributed by atoms with E-state index in [1.165, 1.54) is 10.9 Å². The zero-order chi connectivity index (χ0) is 15.6. The number of rotatable bonds is 3. The second-order valence-corrected chi connectivity index (χ2v) is 5.86. The van der Waals surface area contributed by atoms with Gasteiger partial charge in [0.1, 0.15) is 5.65 Å². The minimum atomic E-state index is 0.739. The maximum Gasteiger partial charge on any atom is 0.279 e. The van der Waals surface area contributed by atoms with E-state index in [0.717, 1.165) is 48.9 Å². The van der Waals surface area contributed by atoms with Crippen LogP contribution >= 0.6 is 0 Å². The lowest BCUT2D eigenvalue weighted by atomic mass is 10.2. The molecule has 1 aliphatic rings. The minimum Gasteiger partial charge on any atom is -0.711 e. The summed E-state index contributed by atoms with van der Waals surface area (Å²) in [7, 11) is 0. The van der Waals surface area contributed by atoms with Crippen molar-refractivity contribution in [3.8, 4) is 0 Å². The van der Waals surface area contributed by atoms with Crippen LogP contribution in [-0.4, -0.2) is 41.0 Å². The van der Waals surface area contributed by atoms with Crippen molar-refractivity contribution in [3.05, 3.63) is 59.7 Å². The van der Waals surface area contributed by atoms with E-state index in [1.807, 2.05) is 24.4 Å². The highest BCUT2D eigenvalue weighted by Crippen LogP contribution is 2.19. The van der Waals surface area contributed by atoms with Gasteiger partial charge < -0.3 is 10.2 Å². The number of H-pyrrole nitrogens is 1. The highest BCUT2D eigenvalue weighted by Gasteiger charge is 2.24. The summed E-state index contributed by atoms with van der Waals surface area (Å²) in [5.41, 5.74) is 2.22. The normalized spacial score (nSPS) is 16.1. The molecule has 0 unspecified atom stereocenters. The molecule has 0 spiro atoms. The van der Waals surface area contributed by atoms with Gasteiger partial charge in [-0.15, -0.1) is 0 Å². The maximum atomic E-state index is 11.9. The van der Waals surface area contributed by atoms with Gasteiger partial charge in [-0.25, -0.2) is 9.71 Å². The molecule has 4 rings (SSSR count). The van der Waals surface area contributed by atoms with Crippen LogP contribution < -0.4 is 9.63 Å². The Bertz CT molecular complexity index is 807. The number of nitrogens with zero attached hydrogens (tertiary/aromatic N) is 4. The molecule has 0 saturated carbocycles. The van der Waals surface area contributed by atoms with Crippen LogP contribution in [0.15, 0.2) is 48.9 Å². The van der Waals surface area contributed by atoms with Crippen LogP contribution in [0.1, 0.15) is 5.56 Å². The fourth-order valence-electron chi connectivity index (χ4n) is 3.18. The summed E-state index contributed by atoms with van der Waals surface area (Å²) in [4.78, 5) is 12.1. The molecule has 118 valence electrons. The number of piperazine rings is 1. The molecular formula is C17H19N5O. The van der Waals surface area contributed by atoms with E-state index in [-0.39, 0.29) is 0 Å². The molecule has 3 aromatic heterocycles. The monoisotopic (exact) mass is 309 g/mol. The average molecular weight is 309 g/mol. The van der Waals surface area contributed by atoms with Gasteiger partial charge in [-0.05, 0) is 23.8 Å². The predicted octanol–water partition coefficient (Wildman–Crippen LogP) is 1.52. The highest BCUT2D eigenvalue weighted by molar-refractivity contribution is 5.79. The fourth-order valence-corrected chi connectivity index (χ4v) is 3.18. The SMILES string of the molecule is [O-][n+]1ccccc1N1CCN(Cc2c[nH]c3ncccc23)CC1. The fraction of sp³-hybridized carbons (Fsp3) is 0.294. The standard InChI is InChI=1S/C17H19N5O/c23-22-7-2-1-5-16(22)21-10-8-20(9-11-21)13-14-12-19-17-15(14)4-3-6-18-17/h1-7,12H,8-11,13H2,(H,18,19). The van der Waals surface area contributed by atoms with Gasteiger partial charge in [-0.1, -0.05) is 6.07 Å². The molecule has 0 aromatic carbocycles. The van der Waals surface area contributed by atoms with Crippen molar-refractivity contribution in [1.29, 1.82) is 0 Å². The van der Waals surface area contributed by atoms with Crippen LogP contribution in [0.25, 0.3) is 11.0 Å². The quantitative estimate of drug-likeness (QED) is 0.588. The van der Waals surface area contributed by atoms with Crippen LogP contribution in [0.3, 0.4) is 0 Å². The van der Waals surface area contributed by atoms with Crippen molar-refractivity contribution in [2.24, 2.45) is 0 Å². The number of aromatic amines is 1. The Hall–Kier alpha value is -2.60. The van der Waals surface area contributed by atoms with E-state index in [4.69, 9.17) is 0 Å². The molecule has 0 aliphatic carbocycles. The molecule has 23 heavy (non-hydrogen) atoms. The van der Waals surface area contributed by atoms with Crippen LogP contribution in [0.4, 0.5) is 5.82 Å². The lowest BCUT2D eigenvalue weighted by Crippen LogP contribution is -2.49. The summed E-state index contributed by atoms with van der Waals surface area (Å²) in [5.74, 6) is 0.739. The first-order chi connectivity index (χ1) is 11.3. The van der Waals surface area contributed by atoms with Gasteiger partial charge in [0.25, 0.3) is 5.82 Å². The third-order valence-corrected chi connectivity index (χ3v) is 4.43. The molecule has 1 fully saturated rings. The number of fused-ring (bicyclic) bond motifs is 1. The van der Waals surface area contributed by atoms with Gasteiger partial charge in [0.2, 0.25) is 0 Å². The predicted molar refractivity (Wildman–Crippen MR) is 89.0 cm³/mol. The molecule has 0 radical (unpaired) electrons. The highest BCUT2D eigenvalue weighted by atomic mass is 16.5. The summed E-state index contributed by atoms with van der Waals surface area (Å²) >= 11 is 0. The first kappa shape index (κ1) is 14.0. The maximum absolute atomic E-state index is 11.9. The lowest BCUT2D eigenvalue weighted by molar-refractivity contribution is -0.592. The van der Waals surface area contributed by atoms with E-state index in [2.05, 4.69) is 25.8 Å². The zero-order valence-corrected chi connectivity index (χ0v) is 12.9. The molecule has 1 aliphatic heterocycles. The number of hydrogen-bond donors (Lipinski definition) is 1. The van der Waals surface area contributed by atoms with Crippen LogP contribution in [0.2, 0.25) is 0 Å². The third-order valence-electron chi connectivity index (χ3n) is 4.43. The molecule has 0 bridgehead atoms. The summed E-state index contributed by atoms with van der Waals surface area (Å²) < 4.78 is 0.945. The number of nitrogens with one attached hydrogen (secondary N) is 1. The van der Waals surface area contributed by atoms with Gasteiger partial charge in [0.15, 0.2) is 0 Å². The molecule has 1 saturated heterocycles. The second-order valence-electron chi connectivity index (χ2n) is 5.86. The molecule has 6 heteroatoms. The Morgan fingerprint density at radius 2 is 2.00 bits per heavy atom. The van der Waals surface area contributed by atoms with Gasteiger partial charge in [0.05, 0.1) is 19.3 Å². The molecule has 6 nitrogen and oxygen atoms in total. The van der Waals surface area contributed by atoms with E-state index >= 15 is 0 Å². The van der Waals surface area contributed by atoms with E-state index in [1.54, 1.807) is 18.5 Å². The average Bonchev–Trinajstić information content (AvgIpc) is 2.99. The Morgan fingerprint density at radius 1 is 1.13 bits per heavy atom. The molecule has 0 atom stereocenters. The molecule has 3 aromatic rings. The zero-order valence-electron chi connectivity index (χ0n) is 12.9. The van der Waals surface area contributed by atoms with Crippen molar-refractivity contribution in [2.75, 3.05) is 31.1 Å². The topological polar surface area (TPSA) is 62.1 Å². The van der Waals surface area contributed by atoms with Gasteiger partial charge >= 0.3 is 0 Å².